The Labute approximate surface area is 140 Å². The molecule has 0 aliphatic carbocycles. The summed E-state index contributed by atoms with van der Waals surface area (Å²) in [7, 11) is -3.77. The van der Waals surface area contributed by atoms with Crippen LogP contribution in [0.4, 0.5) is 0 Å². The van der Waals surface area contributed by atoms with Gasteiger partial charge in [-0.15, -0.1) is 4.83 Å². The van der Waals surface area contributed by atoms with Crippen LogP contribution in [0.15, 0.2) is 77.7 Å². The maximum absolute atomic E-state index is 12.1. The lowest BCUT2D eigenvalue weighted by Crippen LogP contribution is -2.42. The first-order valence-corrected chi connectivity index (χ1v) is 8.87. The fourth-order valence-corrected chi connectivity index (χ4v) is 3.33. The van der Waals surface area contributed by atoms with Crippen LogP contribution in [0.5, 0.6) is 0 Å². The van der Waals surface area contributed by atoms with E-state index in [0.717, 1.165) is 16.3 Å². The average molecular weight is 340 g/mol. The van der Waals surface area contributed by atoms with E-state index in [4.69, 9.17) is 0 Å². The van der Waals surface area contributed by atoms with Crippen LogP contribution in [0, 0.1) is 0 Å². The minimum atomic E-state index is -3.77. The van der Waals surface area contributed by atoms with Gasteiger partial charge < -0.3 is 0 Å². The third kappa shape index (κ3) is 3.61. The van der Waals surface area contributed by atoms with E-state index in [1.165, 1.54) is 12.1 Å². The Morgan fingerprint density at radius 3 is 2.29 bits per heavy atom. The SMILES string of the molecule is O=C(Cc1cccc2ccccc12)NNS(=O)(=O)c1ccccc1. The molecule has 3 rings (SSSR count). The molecule has 3 aromatic rings. The number of sulfonamides is 1. The van der Waals surface area contributed by atoms with E-state index < -0.39 is 15.9 Å². The molecule has 3 aromatic carbocycles. The monoisotopic (exact) mass is 340 g/mol. The summed E-state index contributed by atoms with van der Waals surface area (Å²) in [6, 6.07) is 21.3. The first-order chi connectivity index (χ1) is 11.6. The van der Waals surface area contributed by atoms with Crippen molar-refractivity contribution in [3.05, 3.63) is 78.4 Å². The molecule has 0 aliphatic rings. The van der Waals surface area contributed by atoms with Gasteiger partial charge in [-0.1, -0.05) is 60.7 Å². The zero-order valence-corrected chi connectivity index (χ0v) is 13.6. The maximum atomic E-state index is 12.1. The van der Waals surface area contributed by atoms with Crippen molar-refractivity contribution >= 4 is 26.7 Å². The third-order valence-corrected chi connectivity index (χ3v) is 4.87. The number of hydrogen-bond donors (Lipinski definition) is 2. The highest BCUT2D eigenvalue weighted by Crippen LogP contribution is 2.18. The minimum absolute atomic E-state index is 0.0820. The van der Waals surface area contributed by atoms with Crippen molar-refractivity contribution < 1.29 is 13.2 Å². The zero-order chi connectivity index (χ0) is 17.0. The van der Waals surface area contributed by atoms with E-state index in [2.05, 4.69) is 10.3 Å². The van der Waals surface area contributed by atoms with Crippen molar-refractivity contribution in [1.29, 1.82) is 0 Å². The largest absolute Gasteiger partial charge is 0.277 e. The van der Waals surface area contributed by atoms with Gasteiger partial charge in [-0.3, -0.25) is 10.2 Å². The Bertz CT molecular complexity index is 964. The number of nitrogens with one attached hydrogen (secondary N) is 2. The van der Waals surface area contributed by atoms with Gasteiger partial charge >= 0.3 is 0 Å². The second-order valence-electron chi connectivity index (χ2n) is 5.28. The fourth-order valence-electron chi connectivity index (χ4n) is 2.45. The van der Waals surface area contributed by atoms with Crippen molar-refractivity contribution in [3.8, 4) is 0 Å². The highest BCUT2D eigenvalue weighted by atomic mass is 32.2. The highest BCUT2D eigenvalue weighted by Gasteiger charge is 2.15. The second kappa shape index (κ2) is 6.82. The molecule has 0 heterocycles. The van der Waals surface area contributed by atoms with Crippen LogP contribution in [0.1, 0.15) is 5.56 Å². The van der Waals surface area contributed by atoms with Gasteiger partial charge in [0.25, 0.3) is 10.0 Å². The summed E-state index contributed by atoms with van der Waals surface area (Å²) in [5.41, 5.74) is 3.10. The molecule has 0 saturated carbocycles. The Balaban J connectivity index is 1.70. The maximum Gasteiger partial charge on any atom is 0.257 e. The van der Waals surface area contributed by atoms with Gasteiger partial charge in [0.1, 0.15) is 0 Å². The Kier molecular flexibility index (Phi) is 4.59. The van der Waals surface area contributed by atoms with E-state index in [9.17, 15) is 13.2 Å². The molecule has 1 amide bonds. The number of amides is 1. The Morgan fingerprint density at radius 1 is 0.833 bits per heavy atom. The quantitative estimate of drug-likeness (QED) is 0.700. The molecule has 0 spiro atoms. The lowest BCUT2D eigenvalue weighted by atomic mass is 10.0. The zero-order valence-electron chi connectivity index (χ0n) is 12.8. The van der Waals surface area contributed by atoms with E-state index in [1.54, 1.807) is 18.2 Å². The number of rotatable bonds is 5. The van der Waals surface area contributed by atoms with Gasteiger partial charge in [0, 0.05) is 0 Å². The van der Waals surface area contributed by atoms with Gasteiger partial charge in [0.05, 0.1) is 11.3 Å². The third-order valence-electron chi connectivity index (χ3n) is 3.61. The number of carbonyl (C=O) groups excluding carboxylic acids is 1. The minimum Gasteiger partial charge on any atom is -0.277 e. The number of hydrazine groups is 1. The summed E-state index contributed by atoms with van der Waals surface area (Å²) >= 11 is 0. The molecule has 0 bridgehead atoms. The molecule has 0 unspecified atom stereocenters. The molecule has 0 radical (unpaired) electrons. The van der Waals surface area contributed by atoms with Gasteiger partial charge in [0.15, 0.2) is 0 Å². The fraction of sp³-hybridized carbons (Fsp3) is 0.0556. The number of benzene rings is 3. The summed E-state index contributed by atoms with van der Waals surface area (Å²) in [4.78, 5) is 14.3. The molecular weight excluding hydrogens is 324 g/mol. The highest BCUT2D eigenvalue weighted by molar-refractivity contribution is 7.89. The first-order valence-electron chi connectivity index (χ1n) is 7.38. The van der Waals surface area contributed by atoms with Crippen LogP contribution in [-0.4, -0.2) is 14.3 Å². The molecule has 2 N–H and O–H groups in total. The van der Waals surface area contributed by atoms with E-state index in [1.807, 2.05) is 42.5 Å². The molecule has 0 saturated heterocycles. The summed E-state index contributed by atoms with van der Waals surface area (Å²) in [6.45, 7) is 0. The van der Waals surface area contributed by atoms with Crippen LogP contribution >= 0.6 is 0 Å². The lowest BCUT2D eigenvalue weighted by Gasteiger charge is -2.09. The van der Waals surface area contributed by atoms with Crippen molar-refractivity contribution in [1.82, 2.24) is 10.3 Å². The van der Waals surface area contributed by atoms with Crippen LogP contribution in [0.2, 0.25) is 0 Å². The van der Waals surface area contributed by atoms with Gasteiger partial charge in [-0.05, 0) is 28.5 Å². The van der Waals surface area contributed by atoms with E-state index in [0.29, 0.717) is 0 Å². The van der Waals surface area contributed by atoms with Crippen LogP contribution in [0.25, 0.3) is 10.8 Å². The lowest BCUT2D eigenvalue weighted by molar-refractivity contribution is -0.120. The normalized spacial score (nSPS) is 11.3. The van der Waals surface area contributed by atoms with Gasteiger partial charge in [0.2, 0.25) is 5.91 Å². The molecule has 0 aromatic heterocycles. The Hall–Kier alpha value is -2.70. The summed E-state index contributed by atoms with van der Waals surface area (Å²) in [6.07, 6.45) is 0.0820. The molecule has 0 aliphatic heterocycles. The Morgan fingerprint density at radius 2 is 1.50 bits per heavy atom. The van der Waals surface area contributed by atoms with Crippen LogP contribution < -0.4 is 10.3 Å². The van der Waals surface area contributed by atoms with Crippen molar-refractivity contribution in [2.75, 3.05) is 0 Å². The number of carbonyl (C=O) groups is 1. The molecule has 5 nitrogen and oxygen atoms in total. The second-order valence-corrected chi connectivity index (χ2v) is 6.96. The summed E-state index contributed by atoms with van der Waals surface area (Å²) in [5.74, 6) is -0.425. The van der Waals surface area contributed by atoms with Crippen LogP contribution in [0.3, 0.4) is 0 Å². The molecule has 24 heavy (non-hydrogen) atoms. The van der Waals surface area contributed by atoms with Crippen molar-refractivity contribution in [3.63, 3.8) is 0 Å². The number of fused-ring (bicyclic) bond motifs is 1. The standard InChI is InChI=1S/C18H16N2O3S/c21-18(19-20-24(22,23)16-10-2-1-3-11-16)13-15-9-6-8-14-7-4-5-12-17(14)15/h1-12,20H,13H2,(H,19,21). The smallest absolute Gasteiger partial charge is 0.257 e. The van der Waals surface area contributed by atoms with Crippen molar-refractivity contribution in [2.45, 2.75) is 11.3 Å². The van der Waals surface area contributed by atoms with Gasteiger partial charge in [-0.25, -0.2) is 8.42 Å². The first kappa shape index (κ1) is 16.2. The predicted octanol–water partition coefficient (Wildman–Crippen LogP) is 2.39. The predicted molar refractivity (Wildman–Crippen MR) is 92.6 cm³/mol. The average Bonchev–Trinajstić information content (AvgIpc) is 2.61. The van der Waals surface area contributed by atoms with Crippen LogP contribution in [-0.2, 0) is 21.2 Å². The van der Waals surface area contributed by atoms with Crippen molar-refractivity contribution in [2.24, 2.45) is 0 Å². The topological polar surface area (TPSA) is 75.3 Å². The number of hydrogen-bond acceptors (Lipinski definition) is 3. The van der Waals surface area contributed by atoms with E-state index in [-0.39, 0.29) is 11.3 Å². The molecule has 6 heteroatoms. The summed E-state index contributed by atoms with van der Waals surface area (Å²) in [5, 5.41) is 2.01. The van der Waals surface area contributed by atoms with Gasteiger partial charge in [-0.2, -0.15) is 0 Å². The molecule has 0 atom stereocenters. The van der Waals surface area contributed by atoms with E-state index >= 15 is 0 Å². The molecular formula is C18H16N2O3S. The molecule has 0 fully saturated rings. The summed E-state index contributed by atoms with van der Waals surface area (Å²) < 4.78 is 24.2. The molecule has 122 valence electrons.